The van der Waals surface area contributed by atoms with Gasteiger partial charge < -0.3 is 14.2 Å². The van der Waals surface area contributed by atoms with Crippen LogP contribution in [0.3, 0.4) is 0 Å². The van der Waals surface area contributed by atoms with Gasteiger partial charge >= 0.3 is 5.97 Å². The number of benzene rings is 1. The second-order valence-corrected chi connectivity index (χ2v) is 6.95. The molecule has 2 fully saturated rings. The van der Waals surface area contributed by atoms with E-state index in [-0.39, 0.29) is 6.10 Å². The third-order valence-corrected chi connectivity index (χ3v) is 5.15. The van der Waals surface area contributed by atoms with E-state index < -0.39 is 11.6 Å². The summed E-state index contributed by atoms with van der Waals surface area (Å²) in [4.78, 5) is 12.6. The van der Waals surface area contributed by atoms with Crippen LogP contribution < -0.4 is 9.47 Å². The molecule has 0 atom stereocenters. The average Bonchev–Trinajstić information content (AvgIpc) is 3.15. The Bertz CT molecular complexity index is 652. The Hall–Kier alpha value is -2.22. The third-order valence-electron chi connectivity index (χ3n) is 5.15. The molecule has 0 N–H and O–H groups in total. The van der Waals surface area contributed by atoms with Crippen molar-refractivity contribution in [3.05, 3.63) is 23.8 Å². The highest BCUT2D eigenvalue weighted by Gasteiger charge is 2.36. The number of hydrogen-bond donors (Lipinski definition) is 0. The fourth-order valence-corrected chi connectivity index (χ4v) is 3.68. The highest BCUT2D eigenvalue weighted by molar-refractivity contribution is 5.90. The van der Waals surface area contributed by atoms with Gasteiger partial charge in [0.05, 0.1) is 18.8 Å². The summed E-state index contributed by atoms with van der Waals surface area (Å²) in [6.07, 6.45) is 8.68. The van der Waals surface area contributed by atoms with E-state index in [2.05, 4.69) is 6.07 Å². The van der Waals surface area contributed by atoms with E-state index in [4.69, 9.17) is 14.2 Å². The molecule has 2 aliphatic rings. The van der Waals surface area contributed by atoms with Crippen LogP contribution >= 0.6 is 0 Å². The number of nitrogens with zero attached hydrogens (tertiary/aromatic N) is 1. The lowest BCUT2D eigenvalue weighted by molar-refractivity contribution is -0.00774. The van der Waals surface area contributed by atoms with Gasteiger partial charge in [-0.15, -0.1) is 0 Å². The molecule has 0 saturated heterocycles. The fourth-order valence-electron chi connectivity index (χ4n) is 3.68. The average molecular weight is 343 g/mol. The Morgan fingerprint density at radius 1 is 1.12 bits per heavy atom. The summed E-state index contributed by atoms with van der Waals surface area (Å²) in [6, 6.07) is 7.28. The second-order valence-electron chi connectivity index (χ2n) is 6.95. The van der Waals surface area contributed by atoms with E-state index in [9.17, 15) is 10.1 Å². The van der Waals surface area contributed by atoms with Crippen molar-refractivity contribution < 1.29 is 19.0 Å². The summed E-state index contributed by atoms with van der Waals surface area (Å²) in [5.74, 6) is 0.706. The van der Waals surface area contributed by atoms with Crippen molar-refractivity contribution in [2.75, 3.05) is 7.11 Å². The highest BCUT2D eigenvalue weighted by atomic mass is 16.6. The zero-order chi connectivity index (χ0) is 17.7. The monoisotopic (exact) mass is 343 g/mol. The molecular formula is C20H25NO4. The number of carbonyl (C=O) groups is 1. The van der Waals surface area contributed by atoms with Crippen LogP contribution in [-0.2, 0) is 4.74 Å². The van der Waals surface area contributed by atoms with Crippen LogP contribution in [0.15, 0.2) is 18.2 Å². The molecule has 5 heteroatoms. The molecule has 2 aliphatic carbocycles. The minimum absolute atomic E-state index is 0.170. The van der Waals surface area contributed by atoms with Crippen LogP contribution in [0.25, 0.3) is 0 Å². The normalized spacial score (nSPS) is 19.8. The lowest BCUT2D eigenvalue weighted by atomic mass is 9.86. The Labute approximate surface area is 148 Å². The summed E-state index contributed by atoms with van der Waals surface area (Å²) in [5.41, 5.74) is -0.587. The summed E-state index contributed by atoms with van der Waals surface area (Å²) < 4.78 is 17.0. The Kier molecular flexibility index (Phi) is 5.47. The van der Waals surface area contributed by atoms with Gasteiger partial charge in [0.15, 0.2) is 17.1 Å². The molecule has 0 heterocycles. The van der Waals surface area contributed by atoms with Gasteiger partial charge in [0.25, 0.3) is 0 Å². The zero-order valence-electron chi connectivity index (χ0n) is 14.8. The molecule has 0 bridgehead atoms. The SMILES string of the molecule is COc1ccc(C(=O)OC2(C#N)CCCCC2)cc1OC1CCCC1. The minimum Gasteiger partial charge on any atom is -0.493 e. The molecule has 0 aliphatic heterocycles. The number of carbonyl (C=O) groups excluding carboxylic acids is 1. The first-order valence-electron chi connectivity index (χ1n) is 9.15. The predicted octanol–water partition coefficient (Wildman–Crippen LogP) is 4.40. The van der Waals surface area contributed by atoms with Crippen LogP contribution in [0.5, 0.6) is 11.5 Å². The Balaban J connectivity index is 1.76. The minimum atomic E-state index is -0.984. The van der Waals surface area contributed by atoms with Crippen molar-refractivity contribution in [3.63, 3.8) is 0 Å². The van der Waals surface area contributed by atoms with Crippen LogP contribution in [0, 0.1) is 11.3 Å². The van der Waals surface area contributed by atoms with E-state index in [1.807, 2.05) is 0 Å². The molecule has 1 aromatic carbocycles. The van der Waals surface area contributed by atoms with Crippen molar-refractivity contribution >= 4 is 5.97 Å². The van der Waals surface area contributed by atoms with E-state index >= 15 is 0 Å². The van der Waals surface area contributed by atoms with E-state index in [1.165, 1.54) is 12.8 Å². The fraction of sp³-hybridized carbons (Fsp3) is 0.600. The van der Waals surface area contributed by atoms with Gasteiger partial charge in [0.2, 0.25) is 0 Å². The predicted molar refractivity (Wildman–Crippen MR) is 92.7 cm³/mol. The zero-order valence-corrected chi connectivity index (χ0v) is 14.8. The first kappa shape index (κ1) is 17.6. The Morgan fingerprint density at radius 2 is 1.84 bits per heavy atom. The maximum atomic E-state index is 12.6. The molecule has 2 saturated carbocycles. The first-order valence-corrected chi connectivity index (χ1v) is 9.15. The first-order chi connectivity index (χ1) is 12.2. The van der Waals surface area contributed by atoms with Crippen molar-refractivity contribution in [2.45, 2.75) is 69.5 Å². The molecule has 0 radical (unpaired) electrons. The number of methoxy groups -OCH3 is 1. The summed E-state index contributed by atoms with van der Waals surface area (Å²) in [5, 5.41) is 9.49. The van der Waals surface area contributed by atoms with E-state index in [1.54, 1.807) is 25.3 Å². The lowest BCUT2D eigenvalue weighted by Gasteiger charge is -2.30. The van der Waals surface area contributed by atoms with Gasteiger partial charge in [-0.3, -0.25) is 0 Å². The van der Waals surface area contributed by atoms with Crippen molar-refractivity contribution in [1.29, 1.82) is 5.26 Å². The van der Waals surface area contributed by atoms with Gasteiger partial charge in [-0.1, -0.05) is 6.42 Å². The summed E-state index contributed by atoms with van der Waals surface area (Å²) in [6.45, 7) is 0. The number of ether oxygens (including phenoxy) is 3. The van der Waals surface area contributed by atoms with Crippen molar-refractivity contribution in [1.82, 2.24) is 0 Å². The molecule has 0 spiro atoms. The number of hydrogen-bond acceptors (Lipinski definition) is 5. The molecule has 0 aromatic heterocycles. The molecule has 5 nitrogen and oxygen atoms in total. The largest absolute Gasteiger partial charge is 0.493 e. The van der Waals surface area contributed by atoms with Gasteiger partial charge in [0, 0.05) is 12.8 Å². The standard InChI is InChI=1S/C20H25NO4/c1-23-17-10-9-15(13-18(17)24-16-7-3-4-8-16)19(22)25-20(14-21)11-5-2-6-12-20/h9-10,13,16H,2-8,11-12H2,1H3. The third kappa shape index (κ3) is 4.07. The molecule has 3 rings (SSSR count). The van der Waals surface area contributed by atoms with Gasteiger partial charge in [-0.05, 0) is 56.7 Å². The second kappa shape index (κ2) is 7.77. The van der Waals surface area contributed by atoms with Crippen molar-refractivity contribution in [2.24, 2.45) is 0 Å². The highest BCUT2D eigenvalue weighted by Crippen LogP contribution is 2.35. The van der Waals surface area contributed by atoms with Gasteiger partial charge in [-0.2, -0.15) is 5.26 Å². The summed E-state index contributed by atoms with van der Waals surface area (Å²) in [7, 11) is 1.58. The number of esters is 1. The number of rotatable bonds is 5. The molecule has 25 heavy (non-hydrogen) atoms. The molecule has 0 amide bonds. The van der Waals surface area contributed by atoms with E-state index in [0.29, 0.717) is 29.9 Å². The van der Waals surface area contributed by atoms with Crippen molar-refractivity contribution in [3.8, 4) is 17.6 Å². The van der Waals surface area contributed by atoms with Gasteiger partial charge in [-0.25, -0.2) is 4.79 Å². The molecular weight excluding hydrogens is 318 g/mol. The molecule has 134 valence electrons. The smallest absolute Gasteiger partial charge is 0.339 e. The maximum absolute atomic E-state index is 12.6. The van der Waals surface area contributed by atoms with Crippen LogP contribution in [0.2, 0.25) is 0 Å². The Morgan fingerprint density at radius 3 is 2.48 bits per heavy atom. The number of nitriles is 1. The topological polar surface area (TPSA) is 68.5 Å². The van der Waals surface area contributed by atoms with Crippen LogP contribution in [0.1, 0.15) is 68.1 Å². The molecule has 0 unspecified atom stereocenters. The van der Waals surface area contributed by atoms with E-state index in [0.717, 1.165) is 32.1 Å². The molecule has 1 aromatic rings. The van der Waals surface area contributed by atoms with Gasteiger partial charge in [0.1, 0.15) is 6.07 Å². The summed E-state index contributed by atoms with van der Waals surface area (Å²) >= 11 is 0. The van der Waals surface area contributed by atoms with Crippen LogP contribution in [-0.4, -0.2) is 24.8 Å². The van der Waals surface area contributed by atoms with Crippen LogP contribution in [0.4, 0.5) is 0 Å². The maximum Gasteiger partial charge on any atom is 0.339 e. The quantitative estimate of drug-likeness (QED) is 0.741. The lowest BCUT2D eigenvalue weighted by Crippen LogP contribution is -2.35.